The summed E-state index contributed by atoms with van der Waals surface area (Å²) >= 11 is 0. The van der Waals surface area contributed by atoms with Crippen molar-refractivity contribution in [3.63, 3.8) is 0 Å². The normalized spacial score (nSPS) is 14.0. The van der Waals surface area contributed by atoms with Gasteiger partial charge in [-0.25, -0.2) is 21.8 Å². The molecule has 0 spiro atoms. The van der Waals surface area contributed by atoms with E-state index in [0.717, 1.165) is 20.1 Å². The van der Waals surface area contributed by atoms with E-state index in [1.807, 2.05) is 60.7 Å². The largest absolute Gasteiger partial charge is 0.397 e. The first kappa shape index (κ1) is 50.2. The second-order valence-corrected chi connectivity index (χ2v) is 18.9. The summed E-state index contributed by atoms with van der Waals surface area (Å²) in [7, 11) is -8.27. The highest BCUT2D eigenvalue weighted by Gasteiger charge is 2.34. The summed E-state index contributed by atoms with van der Waals surface area (Å²) < 4.78 is 54.6. The van der Waals surface area contributed by atoms with Gasteiger partial charge in [0.2, 0.25) is 11.8 Å². The van der Waals surface area contributed by atoms with E-state index in [4.69, 9.17) is 21.1 Å². The lowest BCUT2D eigenvalue weighted by molar-refractivity contribution is -0.138. The fourth-order valence-electron chi connectivity index (χ4n) is 6.27. The number of nitrogen functional groups attached to an aromatic ring is 2. The van der Waals surface area contributed by atoms with Gasteiger partial charge in [-0.05, 0) is 88.1 Å². The predicted octanol–water partition coefficient (Wildman–Crippen LogP) is 3.29. The Kier molecular flexibility index (Phi) is 18.1. The Morgan fingerprint density at radius 2 is 1.10 bits per heavy atom. The predicted molar refractivity (Wildman–Crippen MR) is 239 cm³/mol. The van der Waals surface area contributed by atoms with Gasteiger partial charge in [0.1, 0.15) is 0 Å². The standard InChI is InChI=1S/C22H28N4O5S.C21H30N4O5S/c1-15(2)31-26(32(29,30)18-9-10-19-20(12-18)24-14-23-19)13-22(28)21(25-16(3)27)11-17-7-5-4-6-8-17;1-14(2)30-25(31(28,29)17-9-10-18(22)19(23)12-17)13-21(27)20(24-15(3)26)11-16-7-5-4-6-8-16/h4-10,12,14-15,21-22,28H,11,13H2,1-3H3,(H,23,24)(H,25,27);4-10,12,14,20-21,27H,11,13,22-23H2,1-3H3,(H,24,26)/t21-,22+;20-,21+/m00/s1. The summed E-state index contributed by atoms with van der Waals surface area (Å²) in [4.78, 5) is 41.4. The summed E-state index contributed by atoms with van der Waals surface area (Å²) in [6, 6.07) is 25.6. The van der Waals surface area contributed by atoms with Gasteiger partial charge in [-0.1, -0.05) is 69.6 Å². The van der Waals surface area contributed by atoms with Gasteiger partial charge in [-0.15, -0.1) is 0 Å². The summed E-state index contributed by atoms with van der Waals surface area (Å²) in [6.07, 6.45) is -1.28. The minimum atomic E-state index is -4.16. The number of H-pyrrole nitrogens is 1. The van der Waals surface area contributed by atoms with E-state index in [9.17, 15) is 36.6 Å². The van der Waals surface area contributed by atoms with Crippen molar-refractivity contribution in [1.82, 2.24) is 29.5 Å². The molecule has 0 aliphatic rings. The van der Waals surface area contributed by atoms with E-state index in [-0.39, 0.29) is 39.5 Å². The maximum absolute atomic E-state index is 13.3. The van der Waals surface area contributed by atoms with Crippen LogP contribution in [0.2, 0.25) is 0 Å². The fourth-order valence-corrected chi connectivity index (χ4v) is 9.04. The van der Waals surface area contributed by atoms with E-state index < -0.39 is 63.1 Å². The first-order valence-electron chi connectivity index (χ1n) is 20.1. The summed E-state index contributed by atoms with van der Waals surface area (Å²) in [5.74, 6) is -0.667. The molecule has 0 radical (unpaired) electrons. The number of aliphatic hydroxyl groups excluding tert-OH is 2. The van der Waals surface area contributed by atoms with Gasteiger partial charge in [-0.3, -0.25) is 19.3 Å². The highest BCUT2D eigenvalue weighted by atomic mass is 32.2. The van der Waals surface area contributed by atoms with Crippen molar-refractivity contribution in [3.8, 4) is 0 Å². The lowest BCUT2D eigenvalue weighted by atomic mass is 10.0. The number of rotatable bonds is 20. The molecule has 0 unspecified atom stereocenters. The third-order valence-electron chi connectivity index (χ3n) is 9.21. The lowest BCUT2D eigenvalue weighted by Crippen LogP contribution is -2.50. The van der Waals surface area contributed by atoms with Crippen molar-refractivity contribution >= 4 is 54.3 Å². The SMILES string of the molecule is CC(=O)N[C@@H](Cc1ccccc1)[C@H](O)CN(OC(C)C)S(=O)(=O)c1ccc(N)c(N)c1.CC(=O)N[C@@H](Cc1ccccc1)[C@H](O)CN(OC(C)C)S(=O)(=O)c1ccc2nc[nH]c2c1. The number of hydrogen-bond donors (Lipinski definition) is 7. The number of benzene rings is 4. The van der Waals surface area contributed by atoms with Crippen molar-refractivity contribution in [1.29, 1.82) is 0 Å². The molecule has 4 aromatic carbocycles. The molecular weight excluding hydrogens is 853 g/mol. The lowest BCUT2D eigenvalue weighted by Gasteiger charge is -2.30. The number of carbonyl (C=O) groups is 2. The van der Waals surface area contributed by atoms with Crippen LogP contribution in [-0.4, -0.2) is 107 Å². The van der Waals surface area contributed by atoms with Crippen LogP contribution < -0.4 is 22.1 Å². The first-order valence-corrected chi connectivity index (χ1v) is 23.0. The van der Waals surface area contributed by atoms with Gasteiger partial charge in [0, 0.05) is 13.8 Å². The van der Waals surface area contributed by atoms with E-state index >= 15 is 0 Å². The van der Waals surface area contributed by atoms with Crippen LogP contribution in [0, 0.1) is 0 Å². The van der Waals surface area contributed by atoms with Crippen molar-refractivity contribution in [3.05, 3.63) is 115 Å². The number of carbonyl (C=O) groups excluding carboxylic acids is 2. The van der Waals surface area contributed by atoms with Gasteiger partial charge in [-0.2, -0.15) is 0 Å². The van der Waals surface area contributed by atoms with Crippen LogP contribution in [0.5, 0.6) is 0 Å². The Morgan fingerprint density at radius 1 is 0.667 bits per heavy atom. The number of nitrogens with one attached hydrogen (secondary N) is 3. The van der Waals surface area contributed by atoms with Gasteiger partial charge in [0.15, 0.2) is 0 Å². The number of fused-ring (bicyclic) bond motifs is 1. The Hall–Kier alpha value is -5.45. The number of nitrogens with zero attached hydrogens (tertiary/aromatic N) is 3. The summed E-state index contributed by atoms with van der Waals surface area (Å²) in [5, 5.41) is 27.2. The number of hydrogen-bond acceptors (Lipinski definition) is 13. The third-order valence-corrected chi connectivity index (χ3v) is 12.5. The molecule has 63 heavy (non-hydrogen) atoms. The number of hydroxylamine groups is 2. The van der Waals surface area contributed by atoms with Crippen LogP contribution >= 0.6 is 0 Å². The molecule has 1 heterocycles. The van der Waals surface area contributed by atoms with Crippen molar-refractivity contribution in [2.45, 2.75) is 101 Å². The summed E-state index contributed by atoms with van der Waals surface area (Å²) in [5.41, 5.74) is 14.8. The van der Waals surface area contributed by atoms with Gasteiger partial charge in [0.25, 0.3) is 20.0 Å². The molecule has 0 saturated carbocycles. The van der Waals surface area contributed by atoms with Crippen molar-refractivity contribution in [2.75, 3.05) is 24.6 Å². The average molecular weight is 911 g/mol. The molecule has 20 heteroatoms. The molecule has 0 saturated heterocycles. The number of nitrogens with two attached hydrogens (primary N) is 2. The molecule has 0 bridgehead atoms. The van der Waals surface area contributed by atoms with Gasteiger partial charge < -0.3 is 37.3 Å². The van der Waals surface area contributed by atoms with Crippen molar-refractivity contribution < 1.29 is 46.3 Å². The maximum Gasteiger partial charge on any atom is 0.265 e. The van der Waals surface area contributed by atoms with E-state index in [1.165, 1.54) is 50.5 Å². The van der Waals surface area contributed by atoms with E-state index in [1.54, 1.807) is 33.8 Å². The average Bonchev–Trinajstić information content (AvgIpc) is 3.69. The monoisotopic (exact) mass is 910 g/mol. The van der Waals surface area contributed by atoms with Gasteiger partial charge >= 0.3 is 0 Å². The molecule has 342 valence electrons. The molecule has 5 rings (SSSR count). The number of aromatic amines is 1. The third kappa shape index (κ3) is 14.8. The number of aliphatic hydroxyl groups is 2. The topological polar surface area (TPSA) is 273 Å². The highest BCUT2D eigenvalue weighted by Crippen LogP contribution is 2.25. The second-order valence-electron chi connectivity index (χ2n) is 15.3. The van der Waals surface area contributed by atoms with Crippen LogP contribution in [0.15, 0.2) is 113 Å². The number of sulfonamides is 2. The quantitative estimate of drug-likeness (QED) is 0.0437. The Labute approximate surface area is 368 Å². The highest BCUT2D eigenvalue weighted by molar-refractivity contribution is 7.89. The second kappa shape index (κ2) is 22.8. The van der Waals surface area contributed by atoms with Crippen LogP contribution in [0.25, 0.3) is 11.0 Å². The van der Waals surface area contributed by atoms with E-state index in [2.05, 4.69) is 20.6 Å². The first-order chi connectivity index (χ1) is 29.7. The smallest absolute Gasteiger partial charge is 0.265 e. The zero-order valence-electron chi connectivity index (χ0n) is 36.1. The molecule has 18 nitrogen and oxygen atoms in total. The van der Waals surface area contributed by atoms with Gasteiger partial charge in [0.05, 0.1) is 88.1 Å². The Morgan fingerprint density at radius 3 is 1.51 bits per heavy atom. The van der Waals surface area contributed by atoms with Crippen molar-refractivity contribution in [2.24, 2.45) is 0 Å². The molecule has 0 aliphatic heterocycles. The zero-order valence-corrected chi connectivity index (χ0v) is 37.7. The zero-order chi connectivity index (χ0) is 46.5. The Balaban J connectivity index is 0.000000277. The van der Waals surface area contributed by atoms with Crippen LogP contribution in [-0.2, 0) is 52.2 Å². The minimum absolute atomic E-state index is 0.00114. The molecule has 9 N–H and O–H groups in total. The maximum atomic E-state index is 13.3. The van der Waals surface area contributed by atoms with E-state index in [0.29, 0.717) is 23.9 Å². The molecule has 0 aliphatic carbocycles. The minimum Gasteiger partial charge on any atom is -0.397 e. The summed E-state index contributed by atoms with van der Waals surface area (Å²) in [6.45, 7) is 8.65. The van der Waals surface area contributed by atoms with Crippen LogP contribution in [0.1, 0.15) is 52.7 Å². The number of amides is 2. The molecule has 2 amide bonds. The number of imidazole rings is 1. The Bertz CT molecular complexity index is 2470. The van der Waals surface area contributed by atoms with Crippen LogP contribution in [0.3, 0.4) is 0 Å². The molecular formula is C43H58N8O10S2. The molecule has 1 aromatic heterocycles. The number of anilines is 2. The molecule has 5 aromatic rings. The number of aromatic nitrogens is 2. The fraction of sp³-hybridized carbons (Fsp3) is 0.372. The molecule has 4 atom stereocenters. The van der Waals surface area contributed by atoms with Crippen LogP contribution in [0.4, 0.5) is 11.4 Å². The molecule has 0 fully saturated rings.